The van der Waals surface area contributed by atoms with Crippen LogP contribution in [0.4, 0.5) is 0 Å². The molecule has 0 spiro atoms. The van der Waals surface area contributed by atoms with Gasteiger partial charge in [-0.15, -0.1) is 0 Å². The average molecular weight is 304 g/mol. The minimum Gasteiger partial charge on any atom is -0.490 e. The molecule has 1 N–H and O–H groups in total. The maximum atomic E-state index is 5.80. The number of benzene rings is 1. The summed E-state index contributed by atoms with van der Waals surface area (Å²) in [6.45, 7) is 6.56. The van der Waals surface area contributed by atoms with Gasteiger partial charge >= 0.3 is 0 Å². The Kier molecular flexibility index (Phi) is 7.72. The third kappa shape index (κ3) is 5.72. The van der Waals surface area contributed by atoms with Crippen molar-refractivity contribution in [1.82, 2.24) is 5.32 Å². The van der Waals surface area contributed by atoms with Gasteiger partial charge in [-0.25, -0.2) is 0 Å². The molecule has 0 heterocycles. The lowest BCUT2D eigenvalue weighted by atomic mass is 10.2. The van der Waals surface area contributed by atoms with Gasteiger partial charge in [0.05, 0.1) is 11.6 Å². The zero-order valence-corrected chi connectivity index (χ0v) is 12.7. The van der Waals surface area contributed by atoms with Crippen LogP contribution in [0, 0.1) is 0 Å². The highest BCUT2D eigenvalue weighted by atomic mass is 35.5. The highest BCUT2D eigenvalue weighted by molar-refractivity contribution is 6.36. The van der Waals surface area contributed by atoms with E-state index in [0.717, 1.165) is 24.4 Å². The van der Waals surface area contributed by atoms with E-state index in [9.17, 15) is 0 Å². The molecule has 0 saturated heterocycles. The predicted octanol–water partition coefficient (Wildman–Crippen LogP) is 3.89. The van der Waals surface area contributed by atoms with Crippen LogP contribution in [0.2, 0.25) is 0 Å². The van der Waals surface area contributed by atoms with Crippen molar-refractivity contribution >= 4 is 23.2 Å². The maximum Gasteiger partial charge on any atom is 0.161 e. The summed E-state index contributed by atoms with van der Waals surface area (Å²) in [6.07, 6.45) is 0. The fourth-order valence-corrected chi connectivity index (χ4v) is 1.62. The van der Waals surface area contributed by atoms with E-state index in [-0.39, 0.29) is 6.61 Å². The monoisotopic (exact) mass is 303 g/mol. The van der Waals surface area contributed by atoms with Crippen LogP contribution in [-0.4, -0.2) is 19.8 Å². The van der Waals surface area contributed by atoms with Crippen molar-refractivity contribution < 1.29 is 9.47 Å². The first-order valence-corrected chi connectivity index (χ1v) is 7.06. The van der Waals surface area contributed by atoms with Crippen LogP contribution in [0.25, 0.3) is 0 Å². The fraction of sp³-hybridized carbons (Fsp3) is 0.429. The fourth-order valence-electron chi connectivity index (χ4n) is 1.50. The second-order valence-corrected chi connectivity index (χ2v) is 4.54. The molecule has 0 aliphatic rings. The molecule has 19 heavy (non-hydrogen) atoms. The third-order valence-electron chi connectivity index (χ3n) is 2.37. The average Bonchev–Trinajstić information content (AvgIpc) is 2.44. The number of nitrogens with one attached hydrogen (secondary N) is 1. The van der Waals surface area contributed by atoms with E-state index in [1.807, 2.05) is 25.1 Å². The molecule has 5 heteroatoms. The first-order valence-electron chi connectivity index (χ1n) is 6.25. The van der Waals surface area contributed by atoms with Crippen molar-refractivity contribution in [1.29, 1.82) is 0 Å². The molecule has 0 saturated carbocycles. The van der Waals surface area contributed by atoms with Crippen molar-refractivity contribution in [3.05, 3.63) is 34.3 Å². The summed E-state index contributed by atoms with van der Waals surface area (Å²) in [5.41, 5.74) is 2.44. The molecule has 0 aromatic heterocycles. The topological polar surface area (TPSA) is 30.5 Å². The minimum absolute atomic E-state index is 0.234. The second-order valence-electron chi connectivity index (χ2n) is 3.84. The van der Waals surface area contributed by atoms with E-state index in [1.165, 1.54) is 5.54 Å². The molecule has 0 aliphatic carbocycles. The van der Waals surface area contributed by atoms with E-state index < -0.39 is 0 Å². The van der Waals surface area contributed by atoms with Crippen molar-refractivity contribution in [2.45, 2.75) is 20.4 Å². The largest absolute Gasteiger partial charge is 0.490 e. The molecule has 0 atom stereocenters. The van der Waals surface area contributed by atoms with Gasteiger partial charge in [0.1, 0.15) is 6.61 Å². The summed E-state index contributed by atoms with van der Waals surface area (Å²) in [5.74, 6) is 1.38. The SMILES string of the molecule is CCNCc1ccc(OCC(Cl)=CCl)c(OCC)c1. The van der Waals surface area contributed by atoms with Crippen molar-refractivity contribution in [3.8, 4) is 11.5 Å². The molecule has 106 valence electrons. The van der Waals surface area contributed by atoms with Crippen LogP contribution < -0.4 is 14.8 Å². The Morgan fingerprint density at radius 1 is 1.26 bits per heavy atom. The van der Waals surface area contributed by atoms with Gasteiger partial charge in [-0.2, -0.15) is 0 Å². The molecular weight excluding hydrogens is 285 g/mol. The van der Waals surface area contributed by atoms with Crippen molar-refractivity contribution in [2.75, 3.05) is 19.8 Å². The predicted molar refractivity (Wildman–Crippen MR) is 80.3 cm³/mol. The standard InChI is InChI=1S/C14H19Cl2NO2/c1-3-17-9-11-5-6-13(14(7-11)18-4-2)19-10-12(16)8-15/h5-8,17H,3-4,9-10H2,1-2H3. The van der Waals surface area contributed by atoms with Gasteiger partial charge in [0, 0.05) is 12.1 Å². The van der Waals surface area contributed by atoms with Crippen LogP contribution in [0.5, 0.6) is 11.5 Å². The van der Waals surface area contributed by atoms with Gasteiger partial charge in [-0.05, 0) is 31.2 Å². The lowest BCUT2D eigenvalue weighted by Gasteiger charge is -2.13. The zero-order chi connectivity index (χ0) is 14.1. The van der Waals surface area contributed by atoms with Gasteiger partial charge in [0.15, 0.2) is 11.5 Å². The Hall–Kier alpha value is -0.900. The van der Waals surface area contributed by atoms with Crippen molar-refractivity contribution in [3.63, 3.8) is 0 Å². The van der Waals surface area contributed by atoms with Crippen LogP contribution in [0.15, 0.2) is 28.8 Å². The van der Waals surface area contributed by atoms with Crippen molar-refractivity contribution in [2.24, 2.45) is 0 Å². The van der Waals surface area contributed by atoms with E-state index >= 15 is 0 Å². The van der Waals surface area contributed by atoms with Gasteiger partial charge in [0.2, 0.25) is 0 Å². The van der Waals surface area contributed by atoms with E-state index in [1.54, 1.807) is 0 Å². The number of rotatable bonds is 8. The maximum absolute atomic E-state index is 5.80. The Balaban J connectivity index is 2.78. The Morgan fingerprint density at radius 2 is 2.05 bits per heavy atom. The molecule has 0 amide bonds. The number of hydrogen-bond acceptors (Lipinski definition) is 3. The molecule has 0 unspecified atom stereocenters. The summed E-state index contributed by atoms with van der Waals surface area (Å²) >= 11 is 11.3. The van der Waals surface area contributed by atoms with E-state index in [4.69, 9.17) is 32.7 Å². The quantitative estimate of drug-likeness (QED) is 0.790. The molecule has 0 fully saturated rings. The smallest absolute Gasteiger partial charge is 0.161 e. The van der Waals surface area contributed by atoms with Gasteiger partial charge in [-0.3, -0.25) is 0 Å². The molecule has 0 bridgehead atoms. The minimum atomic E-state index is 0.234. The first-order chi connectivity index (χ1) is 9.21. The Bertz CT molecular complexity index is 422. The lowest BCUT2D eigenvalue weighted by molar-refractivity contribution is 0.295. The Labute approximate surface area is 124 Å². The molecular formula is C14H19Cl2NO2. The normalized spacial score (nSPS) is 11.5. The highest BCUT2D eigenvalue weighted by Crippen LogP contribution is 2.29. The summed E-state index contributed by atoms with van der Waals surface area (Å²) in [5, 5.41) is 3.71. The molecule has 1 aromatic rings. The third-order valence-corrected chi connectivity index (χ3v) is 2.96. The summed E-state index contributed by atoms with van der Waals surface area (Å²) in [4.78, 5) is 0. The van der Waals surface area contributed by atoms with Crippen LogP contribution >= 0.6 is 23.2 Å². The van der Waals surface area contributed by atoms with Crippen LogP contribution in [0.1, 0.15) is 19.4 Å². The van der Waals surface area contributed by atoms with Gasteiger partial charge in [-0.1, -0.05) is 36.2 Å². The van der Waals surface area contributed by atoms with Gasteiger partial charge in [0.25, 0.3) is 0 Å². The lowest BCUT2D eigenvalue weighted by Crippen LogP contribution is -2.12. The van der Waals surface area contributed by atoms with Crippen LogP contribution in [-0.2, 0) is 6.54 Å². The number of ether oxygens (including phenoxy) is 2. The molecule has 0 radical (unpaired) electrons. The highest BCUT2D eigenvalue weighted by Gasteiger charge is 2.07. The number of hydrogen-bond donors (Lipinski definition) is 1. The first kappa shape index (κ1) is 16.2. The summed E-state index contributed by atoms with van der Waals surface area (Å²) in [7, 11) is 0. The molecule has 3 nitrogen and oxygen atoms in total. The molecule has 0 aliphatic heterocycles. The van der Waals surface area contributed by atoms with E-state index in [0.29, 0.717) is 17.4 Å². The second kappa shape index (κ2) is 9.08. The zero-order valence-electron chi connectivity index (χ0n) is 11.2. The Morgan fingerprint density at radius 3 is 2.68 bits per heavy atom. The number of halogens is 2. The van der Waals surface area contributed by atoms with Gasteiger partial charge < -0.3 is 14.8 Å². The molecule has 1 aromatic carbocycles. The molecule has 1 rings (SSSR count). The summed E-state index contributed by atoms with van der Waals surface area (Å²) < 4.78 is 11.1. The van der Waals surface area contributed by atoms with Crippen LogP contribution in [0.3, 0.4) is 0 Å². The van der Waals surface area contributed by atoms with E-state index in [2.05, 4.69) is 12.2 Å². The summed E-state index contributed by atoms with van der Waals surface area (Å²) in [6, 6.07) is 5.86.